The van der Waals surface area contributed by atoms with Crippen molar-refractivity contribution in [3.05, 3.63) is 48.5 Å². The third-order valence-electron chi connectivity index (χ3n) is 1.60. The number of rotatable bonds is 1. The zero-order valence-electron chi connectivity index (χ0n) is 8.31. The van der Waals surface area contributed by atoms with Crippen LogP contribution in [0, 0.1) is 5.82 Å². The van der Waals surface area contributed by atoms with Gasteiger partial charge in [-0.25, -0.2) is 9.07 Å². The van der Waals surface area contributed by atoms with Crippen LogP contribution in [0.1, 0.15) is 13.8 Å². The molecule has 0 atom stereocenters. The molecule has 0 amide bonds. The van der Waals surface area contributed by atoms with E-state index in [1.807, 2.05) is 13.8 Å². The second-order valence-electron chi connectivity index (χ2n) is 2.40. The molecule has 1 aromatic carbocycles. The van der Waals surface area contributed by atoms with E-state index in [-0.39, 0.29) is 5.82 Å². The average molecular weight is 192 g/mol. The number of hydrogen-bond donors (Lipinski definition) is 0. The van der Waals surface area contributed by atoms with Crippen LogP contribution in [-0.2, 0) is 0 Å². The summed E-state index contributed by atoms with van der Waals surface area (Å²) in [5.41, 5.74) is 0.475. The number of benzene rings is 1. The van der Waals surface area contributed by atoms with Crippen molar-refractivity contribution in [1.29, 1.82) is 0 Å². The van der Waals surface area contributed by atoms with E-state index in [4.69, 9.17) is 0 Å². The lowest BCUT2D eigenvalue weighted by atomic mass is 10.3. The van der Waals surface area contributed by atoms with Crippen molar-refractivity contribution in [2.75, 3.05) is 0 Å². The van der Waals surface area contributed by atoms with Gasteiger partial charge in [0.05, 0.1) is 0 Å². The van der Waals surface area contributed by atoms with Crippen LogP contribution in [0.3, 0.4) is 0 Å². The molecule has 2 aromatic rings. The van der Waals surface area contributed by atoms with Gasteiger partial charge in [0.15, 0.2) is 0 Å². The lowest BCUT2D eigenvalue weighted by Crippen LogP contribution is -1.96. The zero-order chi connectivity index (χ0) is 10.4. The first-order chi connectivity index (χ1) is 6.88. The maximum Gasteiger partial charge on any atom is 0.148 e. The molecule has 2 rings (SSSR count). The summed E-state index contributed by atoms with van der Waals surface area (Å²) in [5.74, 6) is -0.263. The van der Waals surface area contributed by atoms with Crippen LogP contribution in [0.5, 0.6) is 0 Å². The molecule has 1 heterocycles. The Morgan fingerprint density at radius 3 is 2.43 bits per heavy atom. The molecule has 0 saturated carbocycles. The molecule has 0 aliphatic heterocycles. The number of nitrogens with zero attached hydrogens (tertiary/aromatic N) is 2. The van der Waals surface area contributed by atoms with Crippen molar-refractivity contribution in [3.8, 4) is 5.69 Å². The van der Waals surface area contributed by atoms with E-state index in [1.165, 1.54) is 10.7 Å². The number of aromatic nitrogens is 2. The molecule has 2 nitrogen and oxygen atoms in total. The quantitative estimate of drug-likeness (QED) is 0.679. The van der Waals surface area contributed by atoms with Crippen LogP contribution >= 0.6 is 0 Å². The Bertz CT molecular complexity index is 369. The largest absolute Gasteiger partial charge is 0.238 e. The summed E-state index contributed by atoms with van der Waals surface area (Å²) in [6.45, 7) is 4.00. The maximum absolute atomic E-state index is 13.1. The van der Waals surface area contributed by atoms with Crippen LogP contribution < -0.4 is 0 Å². The van der Waals surface area contributed by atoms with Crippen molar-refractivity contribution in [3.63, 3.8) is 0 Å². The smallest absolute Gasteiger partial charge is 0.148 e. The Hall–Kier alpha value is -1.64. The van der Waals surface area contributed by atoms with Crippen molar-refractivity contribution in [1.82, 2.24) is 9.78 Å². The third kappa shape index (κ3) is 2.19. The van der Waals surface area contributed by atoms with Crippen molar-refractivity contribution < 1.29 is 4.39 Å². The minimum Gasteiger partial charge on any atom is -0.238 e. The molecule has 0 radical (unpaired) electrons. The van der Waals surface area contributed by atoms with Gasteiger partial charge in [0.1, 0.15) is 11.5 Å². The summed E-state index contributed by atoms with van der Waals surface area (Å²) in [7, 11) is 0. The molecule has 74 valence electrons. The maximum atomic E-state index is 13.1. The highest BCUT2D eigenvalue weighted by Gasteiger charge is 2.00. The van der Waals surface area contributed by atoms with Gasteiger partial charge >= 0.3 is 0 Å². The molecule has 14 heavy (non-hydrogen) atoms. The normalized spacial score (nSPS) is 9.07. The van der Waals surface area contributed by atoms with Crippen molar-refractivity contribution in [2.24, 2.45) is 0 Å². The second-order valence-corrected chi connectivity index (χ2v) is 2.40. The Balaban J connectivity index is 0.000000461. The molecule has 1 aromatic heterocycles. The molecule has 0 aliphatic carbocycles. The molecule has 0 spiro atoms. The number of halogens is 1. The monoisotopic (exact) mass is 192 g/mol. The van der Waals surface area contributed by atoms with Crippen molar-refractivity contribution >= 4 is 0 Å². The van der Waals surface area contributed by atoms with Gasteiger partial charge in [-0.05, 0) is 18.2 Å². The summed E-state index contributed by atoms with van der Waals surface area (Å²) < 4.78 is 14.6. The minimum atomic E-state index is -0.263. The fourth-order valence-electron chi connectivity index (χ4n) is 1.05. The van der Waals surface area contributed by atoms with Crippen LogP contribution in [0.25, 0.3) is 5.69 Å². The lowest BCUT2D eigenvalue weighted by Gasteiger charge is -2.00. The third-order valence-corrected chi connectivity index (χ3v) is 1.60. The highest BCUT2D eigenvalue weighted by atomic mass is 19.1. The fraction of sp³-hybridized carbons (Fsp3) is 0.182. The Labute approximate surface area is 83.0 Å². The molecule has 3 heteroatoms. The minimum absolute atomic E-state index is 0.263. The van der Waals surface area contributed by atoms with Crippen LogP contribution in [0.2, 0.25) is 0 Å². The molecular weight excluding hydrogens is 179 g/mol. The lowest BCUT2D eigenvalue weighted by molar-refractivity contribution is 0.611. The van der Waals surface area contributed by atoms with Gasteiger partial charge in [-0.2, -0.15) is 5.10 Å². The highest BCUT2D eigenvalue weighted by molar-refractivity contribution is 5.31. The fourth-order valence-corrected chi connectivity index (χ4v) is 1.05. The Kier molecular flexibility index (Phi) is 3.85. The van der Waals surface area contributed by atoms with E-state index in [0.717, 1.165) is 0 Å². The zero-order valence-corrected chi connectivity index (χ0v) is 8.31. The summed E-state index contributed by atoms with van der Waals surface area (Å²) in [4.78, 5) is 0. The van der Waals surface area contributed by atoms with E-state index in [2.05, 4.69) is 5.10 Å². The van der Waals surface area contributed by atoms with Crippen molar-refractivity contribution in [2.45, 2.75) is 13.8 Å². The van der Waals surface area contributed by atoms with Crippen LogP contribution in [0.15, 0.2) is 42.7 Å². The first-order valence-corrected chi connectivity index (χ1v) is 4.62. The summed E-state index contributed by atoms with van der Waals surface area (Å²) in [6, 6.07) is 8.29. The topological polar surface area (TPSA) is 17.8 Å². The van der Waals surface area contributed by atoms with Gasteiger partial charge in [-0.15, -0.1) is 0 Å². The van der Waals surface area contributed by atoms with E-state index >= 15 is 0 Å². The predicted octanol–water partition coefficient (Wildman–Crippen LogP) is 3.04. The molecule has 0 saturated heterocycles. The molecule has 0 unspecified atom stereocenters. The predicted molar refractivity (Wildman–Crippen MR) is 54.9 cm³/mol. The van der Waals surface area contributed by atoms with E-state index < -0.39 is 0 Å². The Morgan fingerprint density at radius 2 is 1.86 bits per heavy atom. The molecule has 0 bridgehead atoms. The van der Waals surface area contributed by atoms with Gasteiger partial charge in [0.25, 0.3) is 0 Å². The van der Waals surface area contributed by atoms with Crippen LogP contribution in [0.4, 0.5) is 4.39 Å². The summed E-state index contributed by atoms with van der Waals surface area (Å²) >= 11 is 0. The molecular formula is C11H13FN2. The first kappa shape index (κ1) is 10.4. The average Bonchev–Trinajstić information content (AvgIpc) is 2.75. The van der Waals surface area contributed by atoms with E-state index in [0.29, 0.717) is 5.69 Å². The summed E-state index contributed by atoms with van der Waals surface area (Å²) in [5, 5.41) is 3.92. The molecule has 0 N–H and O–H groups in total. The first-order valence-electron chi connectivity index (χ1n) is 4.62. The van der Waals surface area contributed by atoms with E-state index in [9.17, 15) is 4.39 Å². The molecule has 0 fully saturated rings. The van der Waals surface area contributed by atoms with Crippen LogP contribution in [-0.4, -0.2) is 9.78 Å². The van der Waals surface area contributed by atoms with Gasteiger partial charge in [-0.1, -0.05) is 26.0 Å². The molecule has 0 aliphatic rings. The summed E-state index contributed by atoms with van der Waals surface area (Å²) in [6.07, 6.45) is 3.32. The van der Waals surface area contributed by atoms with Gasteiger partial charge < -0.3 is 0 Å². The van der Waals surface area contributed by atoms with Gasteiger partial charge in [0, 0.05) is 12.4 Å². The van der Waals surface area contributed by atoms with Gasteiger partial charge in [0.2, 0.25) is 0 Å². The van der Waals surface area contributed by atoms with Gasteiger partial charge in [-0.3, -0.25) is 0 Å². The highest BCUT2D eigenvalue weighted by Crippen LogP contribution is 2.10. The van der Waals surface area contributed by atoms with E-state index in [1.54, 1.807) is 36.7 Å². The standard InChI is InChI=1S/C9H7FN2.C2H6/c10-8-4-1-2-5-9(8)12-7-3-6-11-12;1-2/h1-7H;1-2H3. The number of para-hydroxylation sites is 1. The second kappa shape index (κ2) is 5.17. The number of hydrogen-bond acceptors (Lipinski definition) is 1. The SMILES string of the molecule is CC.Fc1ccccc1-n1cccn1. The Morgan fingerprint density at radius 1 is 1.14 bits per heavy atom.